The first-order valence-electron chi connectivity index (χ1n) is 5.97. The third kappa shape index (κ3) is 1.71. The first-order chi connectivity index (χ1) is 7.18. The lowest BCUT2D eigenvalue weighted by Crippen LogP contribution is -2.36. The van der Waals surface area contributed by atoms with E-state index in [9.17, 15) is 5.11 Å². The van der Waals surface area contributed by atoms with E-state index in [2.05, 4.69) is 13.8 Å². The molecule has 2 rings (SSSR count). The van der Waals surface area contributed by atoms with Gasteiger partial charge in [-0.1, -0.05) is 20.3 Å². The van der Waals surface area contributed by atoms with Crippen LogP contribution >= 0.6 is 0 Å². The fourth-order valence-corrected chi connectivity index (χ4v) is 2.76. The maximum atomic E-state index is 10.8. The minimum Gasteiger partial charge on any atom is -0.469 e. The Bertz CT molecular complexity index is 329. The molecule has 1 aliphatic carbocycles. The molecule has 1 aromatic heterocycles. The topological polar surface area (TPSA) is 33.4 Å². The molecule has 0 fully saturated rings. The molecule has 2 atom stereocenters. The fraction of sp³-hybridized carbons (Fsp3) is 0.692. The van der Waals surface area contributed by atoms with Crippen LogP contribution in [0.5, 0.6) is 0 Å². The zero-order valence-corrected chi connectivity index (χ0v) is 9.62. The fourth-order valence-electron chi connectivity index (χ4n) is 2.76. The van der Waals surface area contributed by atoms with Crippen molar-refractivity contribution in [3.63, 3.8) is 0 Å². The van der Waals surface area contributed by atoms with E-state index < -0.39 is 5.60 Å². The van der Waals surface area contributed by atoms with Crippen LogP contribution in [0.3, 0.4) is 0 Å². The molecular formula is C13H20O2. The summed E-state index contributed by atoms with van der Waals surface area (Å²) in [4.78, 5) is 0. The summed E-state index contributed by atoms with van der Waals surface area (Å²) in [6.45, 7) is 4.31. The lowest BCUT2D eigenvalue weighted by Gasteiger charge is -2.37. The van der Waals surface area contributed by atoms with Crippen LogP contribution in [0.4, 0.5) is 0 Å². The Labute approximate surface area is 91.3 Å². The van der Waals surface area contributed by atoms with Gasteiger partial charge >= 0.3 is 0 Å². The van der Waals surface area contributed by atoms with E-state index >= 15 is 0 Å². The number of furan rings is 1. The average molecular weight is 208 g/mol. The highest BCUT2D eigenvalue weighted by Crippen LogP contribution is 2.42. The summed E-state index contributed by atoms with van der Waals surface area (Å²) >= 11 is 0. The second-order valence-electron chi connectivity index (χ2n) is 4.72. The monoisotopic (exact) mass is 208 g/mol. The third-order valence-corrected chi connectivity index (χ3v) is 3.71. The maximum absolute atomic E-state index is 10.8. The van der Waals surface area contributed by atoms with Gasteiger partial charge in [0.2, 0.25) is 0 Å². The van der Waals surface area contributed by atoms with Crippen LogP contribution in [0, 0.1) is 5.92 Å². The summed E-state index contributed by atoms with van der Waals surface area (Å²) in [7, 11) is 0. The van der Waals surface area contributed by atoms with Gasteiger partial charge in [0, 0.05) is 12.0 Å². The minimum atomic E-state index is -0.642. The van der Waals surface area contributed by atoms with Gasteiger partial charge in [0.15, 0.2) is 0 Å². The van der Waals surface area contributed by atoms with Crippen LogP contribution in [-0.4, -0.2) is 5.11 Å². The molecule has 2 heteroatoms. The van der Waals surface area contributed by atoms with E-state index in [-0.39, 0.29) is 0 Å². The predicted molar refractivity (Wildman–Crippen MR) is 59.6 cm³/mol. The highest BCUT2D eigenvalue weighted by atomic mass is 16.3. The molecule has 0 aromatic carbocycles. The number of aryl methyl sites for hydroxylation is 1. The lowest BCUT2D eigenvalue weighted by atomic mass is 9.73. The second-order valence-corrected chi connectivity index (χ2v) is 4.72. The van der Waals surface area contributed by atoms with Gasteiger partial charge in [-0.05, 0) is 31.2 Å². The first kappa shape index (κ1) is 10.7. The van der Waals surface area contributed by atoms with Crippen molar-refractivity contribution < 1.29 is 9.52 Å². The van der Waals surface area contributed by atoms with Crippen molar-refractivity contribution >= 4 is 0 Å². The van der Waals surface area contributed by atoms with Crippen LogP contribution in [0.2, 0.25) is 0 Å². The average Bonchev–Trinajstić information content (AvgIpc) is 2.68. The van der Waals surface area contributed by atoms with Crippen molar-refractivity contribution in [1.82, 2.24) is 0 Å². The van der Waals surface area contributed by atoms with Gasteiger partial charge in [0.05, 0.1) is 11.9 Å². The molecule has 0 amide bonds. The number of rotatable bonds is 3. The number of aliphatic hydroxyl groups is 1. The number of hydrogen-bond donors (Lipinski definition) is 1. The summed E-state index contributed by atoms with van der Waals surface area (Å²) in [6.07, 6.45) is 6.78. The zero-order chi connectivity index (χ0) is 10.9. The van der Waals surface area contributed by atoms with Gasteiger partial charge in [0.25, 0.3) is 0 Å². The molecule has 0 aliphatic heterocycles. The molecule has 0 bridgehead atoms. The molecule has 15 heavy (non-hydrogen) atoms. The molecule has 1 aliphatic rings. The van der Waals surface area contributed by atoms with Crippen molar-refractivity contribution in [2.45, 2.75) is 51.6 Å². The Morgan fingerprint density at radius 3 is 3.13 bits per heavy atom. The van der Waals surface area contributed by atoms with Gasteiger partial charge in [-0.25, -0.2) is 0 Å². The standard InChI is InChI=1S/C13H20O2/c1-3-5-10(2)13(14)8-4-6-12-11(13)7-9-15-12/h7,9-10,14H,3-6,8H2,1-2H3. The maximum Gasteiger partial charge on any atom is 0.109 e. The Balaban J connectivity index is 2.30. The smallest absolute Gasteiger partial charge is 0.109 e. The Kier molecular flexibility index (Phi) is 2.87. The molecular weight excluding hydrogens is 188 g/mol. The molecule has 0 saturated carbocycles. The van der Waals surface area contributed by atoms with E-state index in [1.54, 1.807) is 6.26 Å². The summed E-state index contributed by atoms with van der Waals surface area (Å²) in [5.41, 5.74) is 0.394. The lowest BCUT2D eigenvalue weighted by molar-refractivity contribution is -0.0376. The quantitative estimate of drug-likeness (QED) is 0.827. The van der Waals surface area contributed by atoms with Gasteiger partial charge in [-0.2, -0.15) is 0 Å². The zero-order valence-electron chi connectivity index (χ0n) is 9.62. The third-order valence-electron chi connectivity index (χ3n) is 3.71. The van der Waals surface area contributed by atoms with Crippen molar-refractivity contribution in [1.29, 1.82) is 0 Å². The summed E-state index contributed by atoms with van der Waals surface area (Å²) in [5, 5.41) is 10.8. The van der Waals surface area contributed by atoms with Crippen molar-refractivity contribution in [2.75, 3.05) is 0 Å². The molecule has 0 radical (unpaired) electrons. The Morgan fingerprint density at radius 1 is 1.60 bits per heavy atom. The Hall–Kier alpha value is -0.760. The molecule has 0 spiro atoms. The van der Waals surface area contributed by atoms with Crippen LogP contribution < -0.4 is 0 Å². The van der Waals surface area contributed by atoms with E-state index in [0.717, 1.165) is 43.4 Å². The first-order valence-corrected chi connectivity index (χ1v) is 5.97. The van der Waals surface area contributed by atoms with Gasteiger partial charge in [-0.3, -0.25) is 0 Å². The normalized spacial score (nSPS) is 27.4. The van der Waals surface area contributed by atoms with E-state index in [1.807, 2.05) is 6.07 Å². The molecule has 0 saturated heterocycles. The van der Waals surface area contributed by atoms with Crippen molar-refractivity contribution in [3.8, 4) is 0 Å². The van der Waals surface area contributed by atoms with Crippen LogP contribution in [0.15, 0.2) is 16.7 Å². The number of fused-ring (bicyclic) bond motifs is 1. The highest BCUT2D eigenvalue weighted by Gasteiger charge is 2.40. The molecule has 2 unspecified atom stereocenters. The van der Waals surface area contributed by atoms with Crippen LogP contribution in [-0.2, 0) is 12.0 Å². The molecule has 2 nitrogen and oxygen atoms in total. The largest absolute Gasteiger partial charge is 0.469 e. The Morgan fingerprint density at radius 2 is 2.40 bits per heavy atom. The predicted octanol–water partition coefficient (Wildman–Crippen LogP) is 3.24. The molecule has 1 heterocycles. The van der Waals surface area contributed by atoms with Gasteiger partial charge in [0.1, 0.15) is 5.76 Å². The SMILES string of the molecule is CCCC(C)C1(O)CCCc2occc21. The van der Waals surface area contributed by atoms with Crippen molar-refractivity contribution in [2.24, 2.45) is 5.92 Å². The van der Waals surface area contributed by atoms with E-state index in [0.29, 0.717) is 5.92 Å². The van der Waals surface area contributed by atoms with E-state index in [4.69, 9.17) is 4.42 Å². The molecule has 1 N–H and O–H groups in total. The summed E-state index contributed by atoms with van der Waals surface area (Å²) < 4.78 is 5.42. The minimum absolute atomic E-state index is 0.319. The van der Waals surface area contributed by atoms with Crippen molar-refractivity contribution in [3.05, 3.63) is 23.7 Å². The summed E-state index contributed by atoms with van der Waals surface area (Å²) in [6, 6.07) is 1.95. The molecule has 1 aromatic rings. The van der Waals surface area contributed by atoms with Crippen LogP contribution in [0.1, 0.15) is 50.9 Å². The van der Waals surface area contributed by atoms with Gasteiger partial charge in [-0.15, -0.1) is 0 Å². The van der Waals surface area contributed by atoms with Crippen LogP contribution in [0.25, 0.3) is 0 Å². The van der Waals surface area contributed by atoms with Gasteiger partial charge < -0.3 is 9.52 Å². The highest BCUT2D eigenvalue weighted by molar-refractivity contribution is 5.28. The molecule has 84 valence electrons. The number of hydrogen-bond acceptors (Lipinski definition) is 2. The summed E-state index contributed by atoms with van der Waals surface area (Å²) in [5.74, 6) is 1.31. The van der Waals surface area contributed by atoms with E-state index in [1.165, 1.54) is 0 Å². The second kappa shape index (κ2) is 4.01.